The van der Waals surface area contributed by atoms with Gasteiger partial charge in [0.25, 0.3) is 0 Å². The summed E-state index contributed by atoms with van der Waals surface area (Å²) in [5.74, 6) is 1.11. The Balaban J connectivity index is 2.32. The Bertz CT molecular complexity index is 194. The predicted molar refractivity (Wildman–Crippen MR) is 62.8 cm³/mol. The third kappa shape index (κ3) is 4.20. The lowest BCUT2D eigenvalue weighted by molar-refractivity contribution is -0.130. The molecule has 1 amide bonds. The Morgan fingerprint density at radius 3 is 2.80 bits per heavy atom. The zero-order chi connectivity index (χ0) is 11.1. The van der Waals surface area contributed by atoms with Gasteiger partial charge in [-0.05, 0) is 31.7 Å². The summed E-state index contributed by atoms with van der Waals surface area (Å²) in [5, 5.41) is 3.10. The van der Waals surface area contributed by atoms with Crippen LogP contribution in [0.4, 0.5) is 0 Å². The van der Waals surface area contributed by atoms with Crippen LogP contribution in [-0.2, 0) is 4.79 Å². The number of nitrogens with zero attached hydrogens (tertiary/aromatic N) is 1. The van der Waals surface area contributed by atoms with Gasteiger partial charge >= 0.3 is 0 Å². The van der Waals surface area contributed by atoms with Crippen molar-refractivity contribution in [3.63, 3.8) is 0 Å². The maximum atomic E-state index is 11.8. The molecule has 88 valence electrons. The molecule has 1 rings (SSSR count). The summed E-state index contributed by atoms with van der Waals surface area (Å²) >= 11 is 0. The third-order valence-corrected chi connectivity index (χ3v) is 3.30. The highest BCUT2D eigenvalue weighted by atomic mass is 16.2. The highest BCUT2D eigenvalue weighted by Gasteiger charge is 2.18. The number of hydrogen-bond donors (Lipinski definition) is 1. The molecular weight excluding hydrogens is 188 g/mol. The molecule has 0 aromatic carbocycles. The fourth-order valence-corrected chi connectivity index (χ4v) is 2.17. The molecule has 3 heteroatoms. The standard InChI is InChI=1S/C12H24N2O/c1-3-11-6-5-8-14(9-7-11)12(15)10-13-4-2/h11,13H,3-10H2,1-2H3. The molecule has 0 saturated carbocycles. The second kappa shape index (κ2) is 6.83. The van der Waals surface area contributed by atoms with Crippen molar-refractivity contribution in [1.29, 1.82) is 0 Å². The van der Waals surface area contributed by atoms with E-state index in [0.29, 0.717) is 6.54 Å². The SMILES string of the molecule is CCNCC(=O)N1CCCC(CC)CC1. The molecular formula is C12H24N2O. The molecule has 1 N–H and O–H groups in total. The van der Waals surface area contributed by atoms with Gasteiger partial charge < -0.3 is 10.2 Å². The van der Waals surface area contributed by atoms with Crippen LogP contribution in [0.25, 0.3) is 0 Å². The number of hydrogen-bond acceptors (Lipinski definition) is 2. The Morgan fingerprint density at radius 1 is 1.33 bits per heavy atom. The summed E-state index contributed by atoms with van der Waals surface area (Å²) in [6.07, 6.45) is 4.92. The van der Waals surface area contributed by atoms with Crippen molar-refractivity contribution in [2.75, 3.05) is 26.2 Å². The first-order valence-corrected chi connectivity index (χ1v) is 6.26. The molecule has 1 saturated heterocycles. The van der Waals surface area contributed by atoms with Crippen molar-refractivity contribution >= 4 is 5.91 Å². The Kier molecular flexibility index (Phi) is 5.69. The predicted octanol–water partition coefficient (Wildman–Crippen LogP) is 1.63. The molecule has 15 heavy (non-hydrogen) atoms. The van der Waals surface area contributed by atoms with E-state index in [0.717, 1.165) is 25.6 Å². The number of rotatable bonds is 4. The molecule has 0 aromatic rings. The molecule has 3 nitrogen and oxygen atoms in total. The monoisotopic (exact) mass is 212 g/mol. The van der Waals surface area contributed by atoms with E-state index in [-0.39, 0.29) is 5.91 Å². The minimum atomic E-state index is 0.272. The highest BCUT2D eigenvalue weighted by Crippen LogP contribution is 2.19. The minimum absolute atomic E-state index is 0.272. The maximum absolute atomic E-state index is 11.8. The lowest BCUT2D eigenvalue weighted by Crippen LogP contribution is -2.38. The summed E-state index contributed by atoms with van der Waals surface area (Å²) < 4.78 is 0. The van der Waals surface area contributed by atoms with E-state index in [4.69, 9.17) is 0 Å². The second-order valence-corrected chi connectivity index (χ2v) is 4.37. The van der Waals surface area contributed by atoms with E-state index in [1.165, 1.54) is 25.7 Å². The summed E-state index contributed by atoms with van der Waals surface area (Å²) in [7, 11) is 0. The van der Waals surface area contributed by atoms with Crippen LogP contribution in [0.3, 0.4) is 0 Å². The van der Waals surface area contributed by atoms with Crippen molar-refractivity contribution in [1.82, 2.24) is 10.2 Å². The summed E-state index contributed by atoms with van der Waals surface area (Å²) in [6.45, 7) is 7.58. The largest absolute Gasteiger partial charge is 0.342 e. The van der Waals surface area contributed by atoms with Crippen LogP contribution >= 0.6 is 0 Å². The smallest absolute Gasteiger partial charge is 0.236 e. The molecule has 0 radical (unpaired) electrons. The number of carbonyl (C=O) groups excluding carboxylic acids is 1. The fraction of sp³-hybridized carbons (Fsp3) is 0.917. The fourth-order valence-electron chi connectivity index (χ4n) is 2.17. The topological polar surface area (TPSA) is 32.3 Å². The Hall–Kier alpha value is -0.570. The molecule has 0 aromatic heterocycles. The number of likely N-dealkylation sites (N-methyl/N-ethyl adjacent to an activating group) is 1. The Labute approximate surface area is 93.2 Å². The van der Waals surface area contributed by atoms with E-state index >= 15 is 0 Å². The minimum Gasteiger partial charge on any atom is -0.342 e. The number of likely N-dealkylation sites (tertiary alicyclic amines) is 1. The van der Waals surface area contributed by atoms with Crippen LogP contribution in [0.15, 0.2) is 0 Å². The van der Waals surface area contributed by atoms with Crippen LogP contribution in [0.1, 0.15) is 39.5 Å². The first-order chi connectivity index (χ1) is 7.27. The van der Waals surface area contributed by atoms with Gasteiger partial charge in [0.05, 0.1) is 6.54 Å². The van der Waals surface area contributed by atoms with Crippen molar-refractivity contribution in [2.45, 2.75) is 39.5 Å². The van der Waals surface area contributed by atoms with Gasteiger partial charge in [-0.15, -0.1) is 0 Å². The van der Waals surface area contributed by atoms with Crippen molar-refractivity contribution in [3.05, 3.63) is 0 Å². The van der Waals surface area contributed by atoms with Gasteiger partial charge in [0, 0.05) is 13.1 Å². The molecule has 1 unspecified atom stereocenters. The zero-order valence-electron chi connectivity index (χ0n) is 10.1. The van der Waals surface area contributed by atoms with E-state index < -0.39 is 0 Å². The van der Waals surface area contributed by atoms with Gasteiger partial charge in [-0.2, -0.15) is 0 Å². The van der Waals surface area contributed by atoms with E-state index in [1.807, 2.05) is 11.8 Å². The number of nitrogens with one attached hydrogen (secondary N) is 1. The summed E-state index contributed by atoms with van der Waals surface area (Å²) in [5.41, 5.74) is 0. The van der Waals surface area contributed by atoms with Gasteiger partial charge in [-0.1, -0.05) is 20.3 Å². The van der Waals surface area contributed by atoms with E-state index in [9.17, 15) is 4.79 Å². The maximum Gasteiger partial charge on any atom is 0.236 e. The van der Waals surface area contributed by atoms with Gasteiger partial charge in [0.2, 0.25) is 5.91 Å². The third-order valence-electron chi connectivity index (χ3n) is 3.30. The first kappa shape index (κ1) is 12.5. The number of carbonyl (C=O) groups is 1. The average molecular weight is 212 g/mol. The second-order valence-electron chi connectivity index (χ2n) is 4.37. The molecule has 1 fully saturated rings. The lowest BCUT2D eigenvalue weighted by Gasteiger charge is -2.20. The van der Waals surface area contributed by atoms with Crippen LogP contribution in [0, 0.1) is 5.92 Å². The van der Waals surface area contributed by atoms with Gasteiger partial charge in [0.1, 0.15) is 0 Å². The van der Waals surface area contributed by atoms with Gasteiger partial charge in [0.15, 0.2) is 0 Å². The number of amides is 1. The molecule has 0 bridgehead atoms. The van der Waals surface area contributed by atoms with Crippen LogP contribution in [0.5, 0.6) is 0 Å². The molecule has 1 atom stereocenters. The summed E-state index contributed by atoms with van der Waals surface area (Å²) in [4.78, 5) is 13.8. The van der Waals surface area contributed by atoms with Crippen LogP contribution in [0.2, 0.25) is 0 Å². The van der Waals surface area contributed by atoms with Crippen molar-refractivity contribution in [3.8, 4) is 0 Å². The van der Waals surface area contributed by atoms with Gasteiger partial charge in [-0.3, -0.25) is 4.79 Å². The molecule has 0 spiro atoms. The van der Waals surface area contributed by atoms with E-state index in [1.54, 1.807) is 0 Å². The van der Waals surface area contributed by atoms with E-state index in [2.05, 4.69) is 12.2 Å². The van der Waals surface area contributed by atoms with Crippen molar-refractivity contribution in [2.24, 2.45) is 5.92 Å². The quantitative estimate of drug-likeness (QED) is 0.768. The van der Waals surface area contributed by atoms with Crippen LogP contribution < -0.4 is 5.32 Å². The first-order valence-electron chi connectivity index (χ1n) is 6.26. The lowest BCUT2D eigenvalue weighted by atomic mass is 9.98. The molecule has 1 heterocycles. The molecule has 1 aliphatic rings. The molecule has 1 aliphatic heterocycles. The normalized spacial score (nSPS) is 22.5. The Morgan fingerprint density at radius 2 is 2.13 bits per heavy atom. The molecule has 0 aliphatic carbocycles. The van der Waals surface area contributed by atoms with Crippen molar-refractivity contribution < 1.29 is 4.79 Å². The van der Waals surface area contributed by atoms with Crippen LogP contribution in [-0.4, -0.2) is 37.0 Å². The highest BCUT2D eigenvalue weighted by molar-refractivity contribution is 5.78. The zero-order valence-corrected chi connectivity index (χ0v) is 10.1. The van der Waals surface area contributed by atoms with Gasteiger partial charge in [-0.25, -0.2) is 0 Å². The average Bonchev–Trinajstić information content (AvgIpc) is 2.50. The summed E-state index contributed by atoms with van der Waals surface area (Å²) in [6, 6.07) is 0.